The van der Waals surface area contributed by atoms with E-state index in [0.717, 1.165) is 11.1 Å². The van der Waals surface area contributed by atoms with Gasteiger partial charge in [0.05, 0.1) is 6.42 Å². The molecule has 0 radical (unpaired) electrons. The first-order chi connectivity index (χ1) is 8.96. The van der Waals surface area contributed by atoms with Crippen LogP contribution in [-0.4, -0.2) is 6.18 Å². The predicted octanol–water partition coefficient (Wildman–Crippen LogP) is 4.31. The number of alkyl halides is 3. The van der Waals surface area contributed by atoms with Gasteiger partial charge in [-0.3, -0.25) is 0 Å². The lowest BCUT2D eigenvalue weighted by Gasteiger charge is -2.14. The second-order valence-electron chi connectivity index (χ2n) is 4.41. The molecule has 2 N–H and O–H groups in total. The van der Waals surface area contributed by atoms with Gasteiger partial charge in [-0.05, 0) is 16.7 Å². The summed E-state index contributed by atoms with van der Waals surface area (Å²) in [6.45, 7) is 0. The maximum atomic E-state index is 12.3. The molecule has 0 spiro atoms. The summed E-state index contributed by atoms with van der Waals surface area (Å²) in [6.07, 6.45) is -5.24. The third-order valence-electron chi connectivity index (χ3n) is 2.90. The molecule has 0 saturated carbocycles. The molecule has 2 aromatic carbocycles. The van der Waals surface area contributed by atoms with E-state index in [4.69, 9.17) is 5.73 Å². The highest BCUT2D eigenvalue weighted by Gasteiger charge is 2.30. The quantitative estimate of drug-likeness (QED) is 0.879. The Morgan fingerprint density at radius 2 is 1.37 bits per heavy atom. The van der Waals surface area contributed by atoms with Crippen molar-refractivity contribution in [3.63, 3.8) is 0 Å². The van der Waals surface area contributed by atoms with E-state index in [1.807, 2.05) is 30.3 Å². The van der Waals surface area contributed by atoms with Gasteiger partial charge < -0.3 is 5.73 Å². The van der Waals surface area contributed by atoms with Crippen LogP contribution in [0.5, 0.6) is 0 Å². The van der Waals surface area contributed by atoms with Gasteiger partial charge in [-0.1, -0.05) is 54.6 Å². The molecule has 0 heterocycles. The molecule has 2 rings (SSSR count). The fourth-order valence-corrected chi connectivity index (χ4v) is 1.92. The molecule has 0 saturated heterocycles. The first-order valence-corrected chi connectivity index (χ1v) is 5.93. The van der Waals surface area contributed by atoms with Gasteiger partial charge in [0.1, 0.15) is 0 Å². The topological polar surface area (TPSA) is 26.0 Å². The minimum absolute atomic E-state index is 0.497. The van der Waals surface area contributed by atoms with E-state index in [2.05, 4.69) is 0 Å². The number of nitrogens with two attached hydrogens (primary N) is 1. The van der Waals surface area contributed by atoms with Gasteiger partial charge in [0.15, 0.2) is 0 Å². The van der Waals surface area contributed by atoms with Crippen LogP contribution < -0.4 is 5.73 Å². The van der Waals surface area contributed by atoms with Crippen molar-refractivity contribution < 1.29 is 13.2 Å². The van der Waals surface area contributed by atoms with Crippen molar-refractivity contribution in [3.05, 3.63) is 60.2 Å². The SMILES string of the molecule is N[C@@H](CC(F)(F)F)c1ccc(-c2ccccc2)cc1. The Kier molecular flexibility index (Phi) is 3.90. The van der Waals surface area contributed by atoms with Crippen LogP contribution in [0.15, 0.2) is 54.6 Å². The first-order valence-electron chi connectivity index (χ1n) is 5.93. The lowest BCUT2D eigenvalue weighted by molar-refractivity contribution is -0.138. The van der Waals surface area contributed by atoms with Gasteiger partial charge in [-0.2, -0.15) is 13.2 Å². The van der Waals surface area contributed by atoms with E-state index < -0.39 is 18.6 Å². The highest BCUT2D eigenvalue weighted by atomic mass is 19.4. The van der Waals surface area contributed by atoms with Crippen molar-refractivity contribution in [3.8, 4) is 11.1 Å². The zero-order valence-corrected chi connectivity index (χ0v) is 10.2. The third-order valence-corrected chi connectivity index (χ3v) is 2.90. The average Bonchev–Trinajstić information content (AvgIpc) is 2.38. The van der Waals surface area contributed by atoms with E-state index in [-0.39, 0.29) is 0 Å². The molecule has 1 atom stereocenters. The molecular weight excluding hydrogens is 251 g/mol. The maximum absolute atomic E-state index is 12.3. The molecule has 2 aromatic rings. The molecule has 0 aliphatic rings. The predicted molar refractivity (Wildman–Crippen MR) is 69.5 cm³/mol. The molecule has 100 valence electrons. The van der Waals surface area contributed by atoms with Crippen molar-refractivity contribution >= 4 is 0 Å². The molecule has 1 nitrogen and oxygen atoms in total. The monoisotopic (exact) mass is 265 g/mol. The number of halogens is 3. The molecule has 0 bridgehead atoms. The van der Waals surface area contributed by atoms with Crippen molar-refractivity contribution in [1.29, 1.82) is 0 Å². The minimum Gasteiger partial charge on any atom is -0.324 e. The normalized spacial score (nSPS) is 13.3. The Morgan fingerprint density at radius 1 is 0.842 bits per heavy atom. The van der Waals surface area contributed by atoms with E-state index in [9.17, 15) is 13.2 Å². The molecule has 19 heavy (non-hydrogen) atoms. The van der Waals surface area contributed by atoms with Crippen LogP contribution in [0.4, 0.5) is 13.2 Å². The van der Waals surface area contributed by atoms with Crippen LogP contribution in [0.1, 0.15) is 18.0 Å². The zero-order chi connectivity index (χ0) is 13.9. The van der Waals surface area contributed by atoms with E-state index in [0.29, 0.717) is 5.56 Å². The van der Waals surface area contributed by atoms with Crippen LogP contribution in [-0.2, 0) is 0 Å². The zero-order valence-electron chi connectivity index (χ0n) is 10.2. The van der Waals surface area contributed by atoms with Gasteiger partial charge in [0.25, 0.3) is 0 Å². The Morgan fingerprint density at radius 3 is 1.89 bits per heavy atom. The number of hydrogen-bond donors (Lipinski definition) is 1. The largest absolute Gasteiger partial charge is 0.390 e. The molecular formula is C15H14F3N. The number of rotatable bonds is 3. The molecule has 0 aliphatic heterocycles. The van der Waals surface area contributed by atoms with Gasteiger partial charge in [-0.25, -0.2) is 0 Å². The molecule has 0 fully saturated rings. The Balaban J connectivity index is 2.15. The number of benzene rings is 2. The highest BCUT2D eigenvalue weighted by molar-refractivity contribution is 5.63. The van der Waals surface area contributed by atoms with Crippen LogP contribution in [0, 0.1) is 0 Å². The van der Waals surface area contributed by atoms with Crippen LogP contribution in [0.2, 0.25) is 0 Å². The summed E-state index contributed by atoms with van der Waals surface area (Å²) in [5.74, 6) is 0. The highest BCUT2D eigenvalue weighted by Crippen LogP contribution is 2.29. The van der Waals surface area contributed by atoms with Gasteiger partial charge in [0.2, 0.25) is 0 Å². The standard InChI is InChI=1S/C15H14F3N/c16-15(17,18)10-14(19)13-8-6-12(7-9-13)11-4-2-1-3-5-11/h1-9,14H,10,19H2/t14-/m0/s1. The van der Waals surface area contributed by atoms with Crippen molar-refractivity contribution in [2.24, 2.45) is 5.73 Å². The minimum atomic E-state index is -4.24. The van der Waals surface area contributed by atoms with Gasteiger partial charge in [-0.15, -0.1) is 0 Å². The lowest BCUT2D eigenvalue weighted by atomic mass is 9.99. The second kappa shape index (κ2) is 5.45. The summed E-state index contributed by atoms with van der Waals surface area (Å²) in [5, 5.41) is 0. The molecule has 0 aliphatic carbocycles. The molecule has 0 amide bonds. The van der Waals surface area contributed by atoms with Gasteiger partial charge in [0, 0.05) is 6.04 Å². The third kappa shape index (κ3) is 3.83. The number of hydrogen-bond acceptors (Lipinski definition) is 1. The van der Waals surface area contributed by atoms with Crippen molar-refractivity contribution in [2.75, 3.05) is 0 Å². The summed E-state index contributed by atoms with van der Waals surface area (Å²) in [4.78, 5) is 0. The fourth-order valence-electron chi connectivity index (χ4n) is 1.92. The maximum Gasteiger partial charge on any atom is 0.390 e. The Hall–Kier alpha value is -1.81. The molecule has 0 unspecified atom stereocenters. The van der Waals surface area contributed by atoms with Crippen molar-refractivity contribution in [1.82, 2.24) is 0 Å². The lowest BCUT2D eigenvalue weighted by Crippen LogP contribution is -2.20. The Bertz CT molecular complexity index is 517. The summed E-state index contributed by atoms with van der Waals surface area (Å²) >= 11 is 0. The molecule has 4 heteroatoms. The Labute approximate surface area is 109 Å². The van der Waals surface area contributed by atoms with Crippen LogP contribution in [0.25, 0.3) is 11.1 Å². The molecule has 0 aromatic heterocycles. The summed E-state index contributed by atoms with van der Waals surface area (Å²) in [5.41, 5.74) is 8.04. The first kappa shape index (κ1) is 13.6. The van der Waals surface area contributed by atoms with E-state index >= 15 is 0 Å². The van der Waals surface area contributed by atoms with E-state index in [1.54, 1.807) is 24.3 Å². The summed E-state index contributed by atoms with van der Waals surface area (Å²) in [6, 6.07) is 15.5. The van der Waals surface area contributed by atoms with Crippen LogP contribution in [0.3, 0.4) is 0 Å². The van der Waals surface area contributed by atoms with Crippen LogP contribution >= 0.6 is 0 Å². The second-order valence-corrected chi connectivity index (χ2v) is 4.41. The fraction of sp³-hybridized carbons (Fsp3) is 0.200. The van der Waals surface area contributed by atoms with Crippen molar-refractivity contribution in [2.45, 2.75) is 18.6 Å². The summed E-state index contributed by atoms with van der Waals surface area (Å²) in [7, 11) is 0. The average molecular weight is 265 g/mol. The summed E-state index contributed by atoms with van der Waals surface area (Å²) < 4.78 is 36.8. The van der Waals surface area contributed by atoms with E-state index in [1.165, 1.54) is 0 Å². The smallest absolute Gasteiger partial charge is 0.324 e. The van der Waals surface area contributed by atoms with Gasteiger partial charge >= 0.3 is 6.18 Å².